The van der Waals surface area contributed by atoms with E-state index in [0.717, 1.165) is 41.4 Å². The smallest absolute Gasteiger partial charge is 0.417 e. The van der Waals surface area contributed by atoms with Crippen molar-refractivity contribution >= 4 is 34.6 Å². The fourth-order valence-corrected chi connectivity index (χ4v) is 6.15. The number of hydrogen-bond donors (Lipinski definition) is 1. The zero-order chi connectivity index (χ0) is 30.3. The van der Waals surface area contributed by atoms with Crippen LogP contribution in [0.3, 0.4) is 0 Å². The molecule has 2 saturated heterocycles. The van der Waals surface area contributed by atoms with Crippen molar-refractivity contribution in [2.45, 2.75) is 77.8 Å². The summed E-state index contributed by atoms with van der Waals surface area (Å²) < 4.78 is 47.2. The van der Waals surface area contributed by atoms with Crippen LogP contribution in [0.1, 0.15) is 58.2 Å². The molecule has 3 atom stereocenters. The van der Waals surface area contributed by atoms with E-state index in [1.807, 2.05) is 25.1 Å². The summed E-state index contributed by atoms with van der Waals surface area (Å²) in [6, 6.07) is 11.4. The van der Waals surface area contributed by atoms with Gasteiger partial charge in [-0.1, -0.05) is 6.92 Å². The van der Waals surface area contributed by atoms with Crippen LogP contribution in [-0.2, 0) is 17.4 Å². The van der Waals surface area contributed by atoms with Gasteiger partial charge in [0.1, 0.15) is 17.9 Å². The third-order valence-electron chi connectivity index (χ3n) is 7.73. The molecule has 2 aliphatic heterocycles. The molecular formula is C30H36F3N5O2S. The zero-order valence-electron chi connectivity index (χ0n) is 24.2. The van der Waals surface area contributed by atoms with E-state index < -0.39 is 28.7 Å². The van der Waals surface area contributed by atoms with Crippen LogP contribution >= 0.6 is 12.2 Å². The van der Waals surface area contributed by atoms with Crippen molar-refractivity contribution in [1.29, 1.82) is 5.26 Å². The highest BCUT2D eigenvalue weighted by Crippen LogP contribution is 2.40. The second-order valence-corrected chi connectivity index (χ2v) is 11.8. The van der Waals surface area contributed by atoms with Gasteiger partial charge in [0.15, 0.2) is 5.11 Å². The van der Waals surface area contributed by atoms with Crippen LogP contribution < -0.4 is 19.9 Å². The minimum absolute atomic E-state index is 0.0388. The second-order valence-electron chi connectivity index (χ2n) is 11.4. The number of halogens is 3. The fourth-order valence-electron chi connectivity index (χ4n) is 5.63. The molecule has 2 aromatic rings. The van der Waals surface area contributed by atoms with Gasteiger partial charge in [-0.05, 0) is 95.2 Å². The number of anilines is 2. The quantitative estimate of drug-likeness (QED) is 0.429. The van der Waals surface area contributed by atoms with Crippen LogP contribution in [-0.4, -0.2) is 59.3 Å². The van der Waals surface area contributed by atoms with E-state index >= 15 is 0 Å². The van der Waals surface area contributed by atoms with Gasteiger partial charge in [0.05, 0.1) is 22.9 Å². The van der Waals surface area contributed by atoms with Gasteiger partial charge in [-0.25, -0.2) is 0 Å². The summed E-state index contributed by atoms with van der Waals surface area (Å²) in [5, 5.41) is 12.8. The average molecular weight is 588 g/mol. The minimum Gasteiger partial charge on any atom is -0.492 e. The van der Waals surface area contributed by atoms with Crippen molar-refractivity contribution in [3.8, 4) is 11.8 Å². The topological polar surface area (TPSA) is 71.8 Å². The predicted octanol–water partition coefficient (Wildman–Crippen LogP) is 5.51. The summed E-state index contributed by atoms with van der Waals surface area (Å²) in [5.74, 6) is 0.277. The van der Waals surface area contributed by atoms with Crippen molar-refractivity contribution in [3.63, 3.8) is 0 Å². The molecule has 0 aliphatic carbocycles. The highest BCUT2D eigenvalue weighted by atomic mass is 32.1. The number of ether oxygens (including phenoxy) is 1. The monoisotopic (exact) mass is 587 g/mol. The van der Waals surface area contributed by atoms with Crippen LogP contribution in [0.4, 0.5) is 24.5 Å². The van der Waals surface area contributed by atoms with E-state index in [0.29, 0.717) is 30.8 Å². The molecule has 7 nitrogen and oxygen atoms in total. The molecule has 2 fully saturated rings. The highest BCUT2D eigenvalue weighted by molar-refractivity contribution is 7.81. The van der Waals surface area contributed by atoms with Crippen molar-refractivity contribution in [1.82, 2.24) is 10.2 Å². The van der Waals surface area contributed by atoms with Gasteiger partial charge in [0.25, 0.3) is 5.91 Å². The molecule has 0 saturated carbocycles. The number of thiocarbonyl (C=S) groups is 1. The Morgan fingerprint density at radius 3 is 2.37 bits per heavy atom. The summed E-state index contributed by atoms with van der Waals surface area (Å²) >= 11 is 5.68. The predicted molar refractivity (Wildman–Crippen MR) is 157 cm³/mol. The van der Waals surface area contributed by atoms with Gasteiger partial charge in [-0.15, -0.1) is 0 Å². The normalized spacial score (nSPS) is 22.1. The van der Waals surface area contributed by atoms with Crippen LogP contribution in [0.5, 0.6) is 5.75 Å². The third-order valence-corrected chi connectivity index (χ3v) is 8.09. The number of nitrogens with one attached hydrogen (secondary N) is 1. The largest absolute Gasteiger partial charge is 0.492 e. The minimum atomic E-state index is -4.76. The van der Waals surface area contributed by atoms with E-state index in [4.69, 9.17) is 22.2 Å². The summed E-state index contributed by atoms with van der Waals surface area (Å²) in [5.41, 5.74) is -1.27. The first kappa shape index (κ1) is 30.8. The van der Waals surface area contributed by atoms with Gasteiger partial charge in [-0.2, -0.15) is 18.4 Å². The lowest BCUT2D eigenvalue weighted by molar-refractivity contribution is -0.137. The molecule has 0 bridgehead atoms. The lowest BCUT2D eigenvalue weighted by Gasteiger charge is -2.39. The maximum atomic E-state index is 13.6. The molecule has 11 heteroatoms. The molecule has 4 rings (SSSR count). The van der Waals surface area contributed by atoms with Gasteiger partial charge in [0.2, 0.25) is 0 Å². The molecule has 2 aliphatic rings. The summed E-state index contributed by atoms with van der Waals surface area (Å²) in [7, 11) is 0. The number of aryl methyl sites for hydroxylation is 1. The van der Waals surface area contributed by atoms with Gasteiger partial charge < -0.3 is 15.0 Å². The maximum Gasteiger partial charge on any atom is 0.417 e. The van der Waals surface area contributed by atoms with E-state index in [2.05, 4.69) is 31.0 Å². The van der Waals surface area contributed by atoms with Crippen molar-refractivity contribution in [2.75, 3.05) is 29.5 Å². The second kappa shape index (κ2) is 11.6. The number of rotatable bonds is 7. The Morgan fingerprint density at radius 1 is 1.15 bits per heavy atom. The first-order valence-electron chi connectivity index (χ1n) is 13.7. The number of nitrogens with zero attached hydrogens (tertiary/aromatic N) is 4. The molecule has 41 heavy (non-hydrogen) atoms. The Hall–Kier alpha value is -3.20. The van der Waals surface area contributed by atoms with E-state index in [9.17, 15) is 18.0 Å². The zero-order valence-corrected chi connectivity index (χ0v) is 25.0. The number of amides is 1. The number of piperazine rings is 1. The van der Waals surface area contributed by atoms with Gasteiger partial charge >= 0.3 is 6.18 Å². The Morgan fingerprint density at radius 2 is 1.78 bits per heavy atom. The number of hydrogen-bond acceptors (Lipinski definition) is 6. The summed E-state index contributed by atoms with van der Waals surface area (Å²) in [6.45, 7) is 14.3. The maximum absolute atomic E-state index is 13.6. The lowest BCUT2D eigenvalue weighted by atomic mass is 10.0. The SMILES string of the molecule is CCc1cc(N2C(=S)N(c3ccc(C#N)c(C(F)(F)F)c3)C(=O)C2(C)C)ccc1OC[C@H](C)N1C[C@@H](C)N[C@@H](C)C1. The number of alkyl halides is 3. The summed E-state index contributed by atoms with van der Waals surface area (Å²) in [6.07, 6.45) is -4.09. The number of carbonyl (C=O) groups excluding carboxylic acids is 1. The Bertz CT molecular complexity index is 1360. The van der Waals surface area contributed by atoms with Crippen LogP contribution in [0.2, 0.25) is 0 Å². The van der Waals surface area contributed by atoms with Crippen LogP contribution in [0.15, 0.2) is 36.4 Å². The van der Waals surface area contributed by atoms with Crippen molar-refractivity contribution in [2.24, 2.45) is 0 Å². The number of benzene rings is 2. The van der Waals surface area contributed by atoms with Gasteiger partial charge in [0, 0.05) is 36.9 Å². The van der Waals surface area contributed by atoms with E-state index in [1.54, 1.807) is 24.8 Å². The molecule has 2 heterocycles. The van der Waals surface area contributed by atoms with Crippen LogP contribution in [0.25, 0.3) is 0 Å². The standard InChI is InChI=1S/C30H36F3N5O2S/c1-7-21-12-24(10-11-26(21)40-17-20(4)36-15-18(2)35-19(3)16-36)38-28(41)37(27(39)29(38,5)6)23-9-8-22(14-34)25(13-23)30(31,32)33/h8-13,18-20,35H,7,15-17H2,1-6H3/t18-,19+,20-/m0/s1. The lowest BCUT2D eigenvalue weighted by Crippen LogP contribution is -2.57. The van der Waals surface area contributed by atoms with E-state index in [1.165, 1.54) is 6.07 Å². The average Bonchev–Trinajstić information content (AvgIpc) is 3.08. The molecule has 0 aromatic heterocycles. The Kier molecular flexibility index (Phi) is 8.69. The molecule has 1 amide bonds. The third kappa shape index (κ3) is 6.05. The highest BCUT2D eigenvalue weighted by Gasteiger charge is 2.50. The Balaban J connectivity index is 1.59. The number of carbonyl (C=O) groups is 1. The van der Waals surface area contributed by atoms with Crippen molar-refractivity contribution < 1.29 is 22.7 Å². The molecular weight excluding hydrogens is 551 g/mol. The molecule has 1 N–H and O–H groups in total. The van der Waals surface area contributed by atoms with E-state index in [-0.39, 0.29) is 16.8 Å². The molecule has 0 radical (unpaired) electrons. The first-order valence-corrected chi connectivity index (χ1v) is 14.2. The molecule has 2 aromatic carbocycles. The van der Waals surface area contributed by atoms with Crippen molar-refractivity contribution in [3.05, 3.63) is 53.1 Å². The van der Waals surface area contributed by atoms with Crippen LogP contribution in [0, 0.1) is 11.3 Å². The Labute approximate surface area is 244 Å². The number of nitriles is 1. The van der Waals surface area contributed by atoms with Gasteiger partial charge in [-0.3, -0.25) is 14.6 Å². The molecule has 0 unspecified atom stereocenters. The first-order chi connectivity index (χ1) is 19.2. The molecule has 0 spiro atoms. The summed E-state index contributed by atoms with van der Waals surface area (Å²) in [4.78, 5) is 18.7. The fraction of sp³-hybridized carbons (Fsp3) is 0.500. The molecule has 220 valence electrons.